The first kappa shape index (κ1) is 19.1. The summed E-state index contributed by atoms with van der Waals surface area (Å²) in [6.45, 7) is 4.17. The number of anilines is 2. The number of hydrogen-bond donors (Lipinski definition) is 1. The molecule has 30 heavy (non-hydrogen) atoms. The normalized spacial score (nSPS) is 13.4. The molecular weight excluding hydrogens is 394 g/mol. The smallest absolute Gasteiger partial charge is 0.254 e. The van der Waals surface area contributed by atoms with Gasteiger partial charge >= 0.3 is 0 Å². The minimum Gasteiger partial charge on any atom is -0.340 e. The van der Waals surface area contributed by atoms with Gasteiger partial charge in [0.2, 0.25) is 0 Å². The van der Waals surface area contributed by atoms with Crippen LogP contribution in [-0.2, 0) is 19.3 Å². The first-order chi connectivity index (χ1) is 14.6. The number of nitrogens with one attached hydrogen (secondary N) is 1. The van der Waals surface area contributed by atoms with Crippen molar-refractivity contribution in [3.8, 4) is 0 Å². The summed E-state index contributed by atoms with van der Waals surface area (Å²) >= 11 is 6.26. The zero-order valence-electron chi connectivity index (χ0n) is 17.2. The fourth-order valence-electron chi connectivity index (χ4n) is 4.03. The van der Waals surface area contributed by atoms with Gasteiger partial charge < -0.3 is 5.32 Å². The van der Waals surface area contributed by atoms with Gasteiger partial charge in [-0.3, -0.25) is 0 Å². The molecule has 0 saturated heterocycles. The lowest BCUT2D eigenvalue weighted by molar-refractivity contribution is 0.662. The van der Waals surface area contributed by atoms with E-state index in [1.165, 1.54) is 16.7 Å². The monoisotopic (exact) mass is 417 g/mol. The van der Waals surface area contributed by atoms with Crippen LogP contribution in [0, 0.1) is 13.8 Å². The van der Waals surface area contributed by atoms with Gasteiger partial charge in [-0.1, -0.05) is 47.5 Å². The summed E-state index contributed by atoms with van der Waals surface area (Å²) in [6.07, 6.45) is 4.98. The van der Waals surface area contributed by atoms with E-state index in [4.69, 9.17) is 26.7 Å². The molecule has 0 spiro atoms. The van der Waals surface area contributed by atoms with Crippen molar-refractivity contribution in [3.05, 3.63) is 81.3 Å². The highest BCUT2D eigenvalue weighted by molar-refractivity contribution is 6.30. The minimum absolute atomic E-state index is 0.653. The molecule has 0 aliphatic heterocycles. The summed E-state index contributed by atoms with van der Waals surface area (Å²) in [5, 5.41) is 9.15. The molecule has 4 aromatic rings. The van der Waals surface area contributed by atoms with E-state index >= 15 is 0 Å². The zero-order valence-corrected chi connectivity index (χ0v) is 18.0. The maximum Gasteiger partial charge on any atom is 0.254 e. The summed E-state index contributed by atoms with van der Waals surface area (Å²) in [6, 6.07) is 14.4. The molecule has 2 aromatic carbocycles. The Labute approximate surface area is 181 Å². The van der Waals surface area contributed by atoms with Crippen LogP contribution in [-0.4, -0.2) is 19.6 Å². The Morgan fingerprint density at radius 2 is 1.80 bits per heavy atom. The largest absolute Gasteiger partial charge is 0.340 e. The lowest BCUT2D eigenvalue weighted by Gasteiger charge is -2.20. The summed E-state index contributed by atoms with van der Waals surface area (Å²) in [4.78, 5) is 9.61. The number of benzene rings is 2. The molecule has 1 N–H and O–H groups in total. The highest BCUT2D eigenvalue weighted by Gasteiger charge is 2.21. The first-order valence-corrected chi connectivity index (χ1v) is 10.8. The van der Waals surface area contributed by atoms with Crippen LogP contribution in [0.15, 0.2) is 42.5 Å². The van der Waals surface area contributed by atoms with Gasteiger partial charge in [0, 0.05) is 22.7 Å². The van der Waals surface area contributed by atoms with Crippen molar-refractivity contribution >= 4 is 28.9 Å². The van der Waals surface area contributed by atoms with E-state index in [0.29, 0.717) is 17.2 Å². The van der Waals surface area contributed by atoms with Gasteiger partial charge in [-0.15, -0.1) is 5.10 Å². The number of nitrogens with zero attached hydrogens (tertiary/aromatic N) is 4. The van der Waals surface area contributed by atoms with Gasteiger partial charge in [-0.05, 0) is 62.8 Å². The summed E-state index contributed by atoms with van der Waals surface area (Å²) < 4.78 is 1.87. The van der Waals surface area contributed by atoms with Crippen LogP contribution in [0.3, 0.4) is 0 Å². The third-order valence-corrected chi connectivity index (χ3v) is 5.98. The van der Waals surface area contributed by atoms with E-state index in [2.05, 4.69) is 43.4 Å². The molecule has 0 bridgehead atoms. The van der Waals surface area contributed by atoms with Gasteiger partial charge in [0.25, 0.3) is 5.78 Å². The Kier molecular flexibility index (Phi) is 4.91. The zero-order chi connectivity index (χ0) is 20.7. The van der Waals surface area contributed by atoms with E-state index in [1.807, 2.05) is 22.7 Å². The molecule has 1 aliphatic carbocycles. The Hall–Kier alpha value is -2.92. The Morgan fingerprint density at radius 1 is 1.00 bits per heavy atom. The van der Waals surface area contributed by atoms with Crippen LogP contribution in [0.4, 0.5) is 11.5 Å². The fraction of sp³-hybridized carbons (Fsp3) is 0.292. The average molecular weight is 418 g/mol. The van der Waals surface area contributed by atoms with Crippen molar-refractivity contribution in [1.29, 1.82) is 0 Å². The molecule has 2 heterocycles. The van der Waals surface area contributed by atoms with E-state index in [-0.39, 0.29) is 0 Å². The molecule has 0 saturated carbocycles. The lowest BCUT2D eigenvalue weighted by Crippen LogP contribution is -2.14. The molecule has 152 valence electrons. The van der Waals surface area contributed by atoms with Crippen LogP contribution in [0.5, 0.6) is 0 Å². The average Bonchev–Trinajstić information content (AvgIpc) is 3.14. The Balaban J connectivity index is 1.60. The van der Waals surface area contributed by atoms with Gasteiger partial charge in [-0.2, -0.15) is 9.50 Å². The van der Waals surface area contributed by atoms with E-state index in [1.54, 1.807) is 0 Å². The van der Waals surface area contributed by atoms with Crippen molar-refractivity contribution in [3.63, 3.8) is 0 Å². The van der Waals surface area contributed by atoms with Crippen molar-refractivity contribution < 1.29 is 0 Å². The van der Waals surface area contributed by atoms with Crippen LogP contribution in [0.1, 0.15) is 46.6 Å². The second kappa shape index (κ2) is 7.73. The minimum atomic E-state index is 0.653. The standard InChI is InChI=1S/C24H24ClN5/c1-15-7-10-17(11-8-15)13-22-28-24-27-20-6-4-3-5-19(20)23(30(24)29-22)26-21-14-18(25)12-9-16(21)2/h7-12,14,26H,3-6,13H2,1-2H3. The molecule has 0 atom stereocenters. The third kappa shape index (κ3) is 3.65. The third-order valence-electron chi connectivity index (χ3n) is 5.74. The van der Waals surface area contributed by atoms with Crippen LogP contribution < -0.4 is 5.32 Å². The number of halogens is 1. The number of fused-ring (bicyclic) bond motifs is 2. The molecule has 0 radical (unpaired) electrons. The predicted molar refractivity (Wildman–Crippen MR) is 121 cm³/mol. The number of rotatable bonds is 4. The maximum absolute atomic E-state index is 6.26. The van der Waals surface area contributed by atoms with Crippen LogP contribution >= 0.6 is 11.6 Å². The summed E-state index contributed by atoms with van der Waals surface area (Å²) in [5.74, 6) is 2.39. The molecule has 5 nitrogen and oxygen atoms in total. The highest BCUT2D eigenvalue weighted by atomic mass is 35.5. The van der Waals surface area contributed by atoms with Crippen molar-refractivity contribution in [2.45, 2.75) is 46.0 Å². The Morgan fingerprint density at radius 3 is 2.63 bits per heavy atom. The molecule has 0 amide bonds. The van der Waals surface area contributed by atoms with Crippen LogP contribution in [0.25, 0.3) is 5.78 Å². The van der Waals surface area contributed by atoms with Crippen molar-refractivity contribution in [2.75, 3.05) is 5.32 Å². The number of aromatic nitrogens is 4. The molecular formula is C24H24ClN5. The quantitative estimate of drug-likeness (QED) is 0.469. The second-order valence-corrected chi connectivity index (χ2v) is 8.52. The SMILES string of the molecule is Cc1ccc(Cc2nc3nc4c(c(Nc5cc(Cl)ccc5C)n3n2)CCCC4)cc1. The number of hydrogen-bond acceptors (Lipinski definition) is 4. The summed E-state index contributed by atoms with van der Waals surface area (Å²) in [7, 11) is 0. The van der Waals surface area contributed by atoms with E-state index in [0.717, 1.165) is 54.3 Å². The first-order valence-electron chi connectivity index (χ1n) is 10.4. The molecule has 6 heteroatoms. The highest BCUT2D eigenvalue weighted by Crippen LogP contribution is 2.31. The lowest BCUT2D eigenvalue weighted by atomic mass is 9.96. The topological polar surface area (TPSA) is 55.1 Å². The van der Waals surface area contributed by atoms with E-state index < -0.39 is 0 Å². The van der Waals surface area contributed by atoms with Crippen LogP contribution in [0.2, 0.25) is 5.02 Å². The van der Waals surface area contributed by atoms with Crippen molar-refractivity contribution in [2.24, 2.45) is 0 Å². The van der Waals surface area contributed by atoms with Gasteiger partial charge in [0.1, 0.15) is 5.82 Å². The van der Waals surface area contributed by atoms with Gasteiger partial charge in [0.05, 0.1) is 5.69 Å². The number of aryl methyl sites for hydroxylation is 3. The van der Waals surface area contributed by atoms with Gasteiger partial charge in [-0.25, -0.2) is 4.98 Å². The fourth-order valence-corrected chi connectivity index (χ4v) is 4.20. The predicted octanol–water partition coefficient (Wildman–Crippen LogP) is 5.61. The second-order valence-electron chi connectivity index (χ2n) is 8.08. The molecule has 2 aromatic heterocycles. The Bertz CT molecular complexity index is 1230. The molecule has 0 fully saturated rings. The molecule has 5 rings (SSSR count). The van der Waals surface area contributed by atoms with Crippen molar-refractivity contribution in [1.82, 2.24) is 19.6 Å². The van der Waals surface area contributed by atoms with Gasteiger partial charge in [0.15, 0.2) is 5.82 Å². The molecule has 1 aliphatic rings. The van der Waals surface area contributed by atoms with E-state index in [9.17, 15) is 0 Å². The maximum atomic E-state index is 6.26. The summed E-state index contributed by atoms with van der Waals surface area (Å²) in [5.41, 5.74) is 6.93. The molecule has 0 unspecified atom stereocenters.